The average molecular weight is 235 g/mol. The molecule has 0 unspecified atom stereocenters. The molecular weight excluding hydrogens is 222 g/mol. The highest BCUT2D eigenvalue weighted by atomic mass is 16.5. The van der Waals surface area contributed by atoms with Crippen LogP contribution >= 0.6 is 0 Å². The molecule has 0 aliphatic rings. The van der Waals surface area contributed by atoms with Crippen molar-refractivity contribution in [1.29, 1.82) is 0 Å². The molecule has 0 aromatic heterocycles. The molecule has 90 valence electrons. The third-order valence-electron chi connectivity index (χ3n) is 2.16. The summed E-state index contributed by atoms with van der Waals surface area (Å²) in [6.07, 6.45) is 0.598. The summed E-state index contributed by atoms with van der Waals surface area (Å²) in [5, 5.41) is 12.2. The third kappa shape index (κ3) is 4.04. The van der Waals surface area contributed by atoms with E-state index < -0.39 is 5.97 Å². The number of nitrogens with zero attached hydrogens (tertiary/aromatic N) is 3. The Bertz CT molecular complexity index is 453. The van der Waals surface area contributed by atoms with Crippen molar-refractivity contribution in [2.24, 2.45) is 5.11 Å². The predicted molar refractivity (Wildman–Crippen MR) is 62.3 cm³/mol. The fraction of sp³-hybridized carbons (Fsp3) is 0.364. The molecule has 0 atom stereocenters. The molecule has 1 rings (SSSR count). The molecule has 0 saturated heterocycles. The van der Waals surface area contributed by atoms with Gasteiger partial charge in [0.25, 0.3) is 0 Å². The summed E-state index contributed by atoms with van der Waals surface area (Å²) in [6.45, 7) is 2.60. The van der Waals surface area contributed by atoms with Crippen molar-refractivity contribution in [2.75, 3.05) is 13.2 Å². The van der Waals surface area contributed by atoms with Gasteiger partial charge in [0.1, 0.15) is 5.75 Å². The molecular formula is C11H13N3O3. The summed E-state index contributed by atoms with van der Waals surface area (Å²) in [4.78, 5) is 13.4. The molecule has 0 aliphatic carbocycles. The van der Waals surface area contributed by atoms with Crippen molar-refractivity contribution in [2.45, 2.75) is 13.3 Å². The molecule has 17 heavy (non-hydrogen) atoms. The van der Waals surface area contributed by atoms with Crippen LogP contribution in [0, 0.1) is 6.92 Å². The average Bonchev–Trinajstić information content (AvgIpc) is 2.30. The highest BCUT2D eigenvalue weighted by Gasteiger charge is 2.06. The quantitative estimate of drug-likeness (QED) is 0.355. The van der Waals surface area contributed by atoms with Crippen molar-refractivity contribution in [3.05, 3.63) is 39.8 Å². The first-order valence-corrected chi connectivity index (χ1v) is 5.12. The van der Waals surface area contributed by atoms with Gasteiger partial charge in [0.05, 0.1) is 12.2 Å². The topological polar surface area (TPSA) is 95.3 Å². The van der Waals surface area contributed by atoms with Crippen LogP contribution in [0.1, 0.15) is 22.3 Å². The zero-order valence-corrected chi connectivity index (χ0v) is 9.46. The second kappa shape index (κ2) is 6.40. The summed E-state index contributed by atoms with van der Waals surface area (Å²) in [6, 6.07) is 4.72. The van der Waals surface area contributed by atoms with Gasteiger partial charge in [-0.2, -0.15) is 0 Å². The van der Waals surface area contributed by atoms with Crippen LogP contribution in [0.5, 0.6) is 5.75 Å². The minimum absolute atomic E-state index is 0.195. The van der Waals surface area contributed by atoms with Crippen LogP contribution in [0.2, 0.25) is 0 Å². The Morgan fingerprint density at radius 2 is 2.35 bits per heavy atom. The molecule has 0 amide bonds. The predicted octanol–water partition coefficient (Wildman–Crippen LogP) is 2.77. The van der Waals surface area contributed by atoms with Gasteiger partial charge >= 0.3 is 5.97 Å². The van der Waals surface area contributed by atoms with Crippen LogP contribution in [0.25, 0.3) is 10.4 Å². The number of carboxylic acids is 1. The maximum atomic E-state index is 10.8. The van der Waals surface area contributed by atoms with Crippen LogP contribution in [0.15, 0.2) is 23.3 Å². The molecule has 0 fully saturated rings. The first-order valence-electron chi connectivity index (χ1n) is 5.12. The summed E-state index contributed by atoms with van der Waals surface area (Å²) in [5.41, 5.74) is 9.15. The number of aromatic carboxylic acids is 1. The number of hydrogen-bond acceptors (Lipinski definition) is 3. The van der Waals surface area contributed by atoms with E-state index in [4.69, 9.17) is 15.4 Å². The van der Waals surface area contributed by atoms with E-state index >= 15 is 0 Å². The maximum absolute atomic E-state index is 10.8. The zero-order valence-electron chi connectivity index (χ0n) is 9.46. The Balaban J connectivity index is 2.60. The lowest BCUT2D eigenvalue weighted by atomic mass is 10.1. The van der Waals surface area contributed by atoms with Crippen LogP contribution in [-0.2, 0) is 0 Å². The largest absolute Gasteiger partial charge is 0.493 e. The smallest absolute Gasteiger partial charge is 0.335 e. The van der Waals surface area contributed by atoms with Gasteiger partial charge in [-0.1, -0.05) is 11.2 Å². The van der Waals surface area contributed by atoms with Gasteiger partial charge in [0.15, 0.2) is 0 Å². The van der Waals surface area contributed by atoms with Gasteiger partial charge in [0, 0.05) is 11.5 Å². The van der Waals surface area contributed by atoms with E-state index in [9.17, 15) is 4.79 Å². The van der Waals surface area contributed by atoms with E-state index in [1.165, 1.54) is 12.1 Å². The number of benzene rings is 1. The molecule has 0 heterocycles. The van der Waals surface area contributed by atoms with E-state index in [0.717, 1.165) is 5.56 Å². The lowest BCUT2D eigenvalue weighted by molar-refractivity contribution is 0.0696. The van der Waals surface area contributed by atoms with E-state index in [1.807, 2.05) is 6.92 Å². The van der Waals surface area contributed by atoms with Gasteiger partial charge in [0.2, 0.25) is 0 Å². The first kappa shape index (κ1) is 12.9. The number of carbonyl (C=O) groups is 1. The van der Waals surface area contributed by atoms with Crippen LogP contribution in [0.3, 0.4) is 0 Å². The van der Waals surface area contributed by atoms with Crippen LogP contribution < -0.4 is 4.74 Å². The summed E-state index contributed by atoms with van der Waals surface area (Å²) in [5.74, 6) is -0.435. The van der Waals surface area contributed by atoms with Gasteiger partial charge in [-0.15, -0.1) is 0 Å². The Hall–Kier alpha value is -2.20. The van der Waals surface area contributed by atoms with Crippen molar-refractivity contribution in [3.8, 4) is 5.75 Å². The molecule has 0 aliphatic heterocycles. The molecule has 1 aromatic carbocycles. The van der Waals surface area contributed by atoms with Crippen molar-refractivity contribution >= 4 is 5.97 Å². The number of carboxylic acid groups (broad SMARTS) is 1. The van der Waals surface area contributed by atoms with E-state index in [0.29, 0.717) is 25.3 Å². The van der Waals surface area contributed by atoms with Crippen molar-refractivity contribution < 1.29 is 14.6 Å². The van der Waals surface area contributed by atoms with Gasteiger partial charge in [-0.3, -0.25) is 0 Å². The number of rotatable bonds is 6. The molecule has 6 nitrogen and oxygen atoms in total. The van der Waals surface area contributed by atoms with E-state index in [1.54, 1.807) is 6.07 Å². The van der Waals surface area contributed by atoms with E-state index in [-0.39, 0.29) is 5.56 Å². The number of aryl methyl sites for hydroxylation is 1. The standard InChI is InChI=1S/C11H13N3O3/c1-8-3-4-9(11(15)16)7-10(8)17-6-2-5-13-14-12/h3-4,7H,2,5-6H2,1H3,(H,15,16). The molecule has 0 spiro atoms. The Kier molecular flexibility index (Phi) is 4.84. The number of azide groups is 1. The fourth-order valence-corrected chi connectivity index (χ4v) is 1.25. The van der Waals surface area contributed by atoms with Gasteiger partial charge in [-0.05, 0) is 36.6 Å². The molecule has 1 N–H and O–H groups in total. The second-order valence-electron chi connectivity index (χ2n) is 3.44. The minimum atomic E-state index is -0.982. The Morgan fingerprint density at radius 1 is 1.59 bits per heavy atom. The molecule has 1 aromatic rings. The maximum Gasteiger partial charge on any atom is 0.335 e. The molecule has 0 saturated carbocycles. The zero-order chi connectivity index (χ0) is 12.7. The fourth-order valence-electron chi connectivity index (χ4n) is 1.25. The Morgan fingerprint density at radius 3 is 3.00 bits per heavy atom. The molecule has 0 radical (unpaired) electrons. The number of hydrogen-bond donors (Lipinski definition) is 1. The normalized spacial score (nSPS) is 9.47. The lowest BCUT2D eigenvalue weighted by Crippen LogP contribution is -2.02. The van der Waals surface area contributed by atoms with Crippen molar-refractivity contribution in [3.63, 3.8) is 0 Å². The highest BCUT2D eigenvalue weighted by molar-refractivity contribution is 5.88. The van der Waals surface area contributed by atoms with E-state index in [2.05, 4.69) is 10.0 Å². The minimum Gasteiger partial charge on any atom is -0.493 e. The number of ether oxygens (including phenoxy) is 1. The van der Waals surface area contributed by atoms with Gasteiger partial charge in [-0.25, -0.2) is 4.79 Å². The Labute approximate surface area is 98.5 Å². The monoisotopic (exact) mass is 235 g/mol. The summed E-state index contributed by atoms with van der Waals surface area (Å²) < 4.78 is 5.43. The van der Waals surface area contributed by atoms with Crippen LogP contribution in [0.4, 0.5) is 0 Å². The second-order valence-corrected chi connectivity index (χ2v) is 3.44. The van der Waals surface area contributed by atoms with Crippen LogP contribution in [-0.4, -0.2) is 24.2 Å². The summed E-state index contributed by atoms with van der Waals surface area (Å²) >= 11 is 0. The molecule has 0 bridgehead atoms. The van der Waals surface area contributed by atoms with Crippen molar-refractivity contribution in [1.82, 2.24) is 0 Å². The summed E-state index contributed by atoms with van der Waals surface area (Å²) in [7, 11) is 0. The first-order chi connectivity index (χ1) is 8.15. The molecule has 6 heteroatoms. The van der Waals surface area contributed by atoms with Gasteiger partial charge < -0.3 is 9.84 Å². The lowest BCUT2D eigenvalue weighted by Gasteiger charge is -2.09. The SMILES string of the molecule is Cc1ccc(C(=O)O)cc1OCCCN=[N+]=[N-]. The highest BCUT2D eigenvalue weighted by Crippen LogP contribution is 2.19. The third-order valence-corrected chi connectivity index (χ3v) is 2.16.